The van der Waals surface area contributed by atoms with Gasteiger partial charge in [-0.25, -0.2) is 4.98 Å². The first kappa shape index (κ1) is 10.3. The zero-order valence-electron chi connectivity index (χ0n) is 10.3. The van der Waals surface area contributed by atoms with Gasteiger partial charge in [0.05, 0.1) is 11.0 Å². The third kappa shape index (κ3) is 1.47. The van der Waals surface area contributed by atoms with Gasteiger partial charge in [-0.2, -0.15) is 0 Å². The van der Waals surface area contributed by atoms with Crippen molar-refractivity contribution in [3.8, 4) is 0 Å². The Hall–Kier alpha value is -2.61. The molecule has 0 radical (unpaired) electrons. The molecule has 0 aliphatic carbocycles. The predicted octanol–water partition coefficient (Wildman–Crippen LogP) is 4.12. The molecule has 3 aromatic carbocycles. The second-order valence-electron chi connectivity index (χ2n) is 4.76. The maximum absolute atomic E-state index is 6.13. The Kier molecular flexibility index (Phi) is 2.00. The van der Waals surface area contributed by atoms with Crippen LogP contribution >= 0.6 is 0 Å². The van der Waals surface area contributed by atoms with E-state index in [9.17, 15) is 0 Å². The number of pyridine rings is 1. The van der Waals surface area contributed by atoms with Gasteiger partial charge in [-0.05, 0) is 23.6 Å². The smallest absolute Gasteiger partial charge is 0.0736 e. The van der Waals surface area contributed by atoms with Crippen molar-refractivity contribution in [2.24, 2.45) is 0 Å². The number of hydrogen-bond donors (Lipinski definition) is 1. The van der Waals surface area contributed by atoms with E-state index in [2.05, 4.69) is 24.3 Å². The zero-order chi connectivity index (χ0) is 12.8. The summed E-state index contributed by atoms with van der Waals surface area (Å²) in [6.45, 7) is 0. The summed E-state index contributed by atoms with van der Waals surface area (Å²) in [5.74, 6) is 0. The van der Waals surface area contributed by atoms with Crippen LogP contribution in [0.2, 0.25) is 0 Å². The van der Waals surface area contributed by atoms with Crippen molar-refractivity contribution >= 4 is 38.3 Å². The Morgan fingerprint density at radius 3 is 2.32 bits per heavy atom. The van der Waals surface area contributed by atoms with Gasteiger partial charge in [-0.3, -0.25) is 0 Å². The van der Waals surface area contributed by atoms with Crippen LogP contribution in [0, 0.1) is 0 Å². The van der Waals surface area contributed by atoms with Gasteiger partial charge in [0.2, 0.25) is 0 Å². The van der Waals surface area contributed by atoms with E-state index in [1.165, 1.54) is 0 Å². The van der Waals surface area contributed by atoms with Crippen molar-refractivity contribution in [2.45, 2.75) is 0 Å². The molecule has 0 aliphatic heterocycles. The molecule has 2 nitrogen and oxygen atoms in total. The minimum absolute atomic E-state index is 0.783. The molecule has 0 unspecified atom stereocenters. The van der Waals surface area contributed by atoms with Crippen LogP contribution in [0.15, 0.2) is 60.7 Å². The summed E-state index contributed by atoms with van der Waals surface area (Å²) in [5.41, 5.74) is 8.87. The summed E-state index contributed by atoms with van der Waals surface area (Å²) in [5, 5.41) is 4.57. The molecule has 2 heteroatoms. The molecule has 0 atom stereocenters. The van der Waals surface area contributed by atoms with Crippen LogP contribution in [0.25, 0.3) is 32.6 Å². The Morgan fingerprint density at radius 2 is 1.42 bits per heavy atom. The van der Waals surface area contributed by atoms with Gasteiger partial charge in [-0.15, -0.1) is 0 Å². The molecule has 4 rings (SSSR count). The van der Waals surface area contributed by atoms with E-state index in [1.54, 1.807) is 0 Å². The summed E-state index contributed by atoms with van der Waals surface area (Å²) in [6.07, 6.45) is 0. The lowest BCUT2D eigenvalue weighted by molar-refractivity contribution is 1.51. The molecule has 19 heavy (non-hydrogen) atoms. The molecular weight excluding hydrogens is 232 g/mol. The van der Waals surface area contributed by atoms with Gasteiger partial charge in [0.1, 0.15) is 0 Å². The molecule has 0 aliphatic rings. The summed E-state index contributed by atoms with van der Waals surface area (Å²) in [4.78, 5) is 4.71. The van der Waals surface area contributed by atoms with Gasteiger partial charge in [0.15, 0.2) is 0 Å². The van der Waals surface area contributed by atoms with Gasteiger partial charge in [0, 0.05) is 21.8 Å². The topological polar surface area (TPSA) is 38.9 Å². The van der Waals surface area contributed by atoms with Gasteiger partial charge in [0.25, 0.3) is 0 Å². The number of nitrogens with zero attached hydrogens (tertiary/aromatic N) is 1. The number of nitrogen functional groups attached to an aromatic ring is 1. The van der Waals surface area contributed by atoms with E-state index in [0.717, 1.165) is 38.3 Å². The zero-order valence-corrected chi connectivity index (χ0v) is 10.3. The standard InChI is InChI=1S/C17H12N2/c18-15-10-17-14(12-6-2-3-7-13(12)15)9-11-5-1-4-8-16(11)19-17/h1-10H,18H2. The number of rotatable bonds is 0. The maximum atomic E-state index is 6.13. The molecular formula is C17H12N2. The second kappa shape index (κ2) is 3.69. The summed E-state index contributed by atoms with van der Waals surface area (Å²) >= 11 is 0. The van der Waals surface area contributed by atoms with Crippen molar-refractivity contribution in [2.75, 3.05) is 5.73 Å². The first-order valence-corrected chi connectivity index (χ1v) is 6.30. The van der Waals surface area contributed by atoms with Crippen LogP contribution in [0.5, 0.6) is 0 Å². The molecule has 0 spiro atoms. The lowest BCUT2D eigenvalue weighted by atomic mass is 10.0. The molecule has 0 saturated heterocycles. The monoisotopic (exact) mass is 244 g/mol. The predicted molar refractivity (Wildman–Crippen MR) is 81.2 cm³/mol. The molecule has 4 aromatic rings. The van der Waals surface area contributed by atoms with Crippen molar-refractivity contribution in [3.63, 3.8) is 0 Å². The number of anilines is 1. The average Bonchev–Trinajstić information content (AvgIpc) is 2.46. The van der Waals surface area contributed by atoms with Crippen molar-refractivity contribution in [1.29, 1.82) is 0 Å². The van der Waals surface area contributed by atoms with Crippen molar-refractivity contribution in [1.82, 2.24) is 4.98 Å². The minimum Gasteiger partial charge on any atom is -0.398 e. The number of benzene rings is 3. The Labute approximate surface area is 110 Å². The number of hydrogen-bond acceptors (Lipinski definition) is 2. The first-order valence-electron chi connectivity index (χ1n) is 6.30. The number of fused-ring (bicyclic) bond motifs is 4. The number of para-hydroxylation sites is 1. The molecule has 0 fully saturated rings. The Balaban J connectivity index is 2.29. The van der Waals surface area contributed by atoms with E-state index in [4.69, 9.17) is 10.7 Å². The van der Waals surface area contributed by atoms with Gasteiger partial charge >= 0.3 is 0 Å². The van der Waals surface area contributed by atoms with E-state index in [0.29, 0.717) is 0 Å². The molecule has 1 aromatic heterocycles. The quantitative estimate of drug-likeness (QED) is 0.287. The third-order valence-corrected chi connectivity index (χ3v) is 3.57. The fraction of sp³-hybridized carbons (Fsp3) is 0. The highest BCUT2D eigenvalue weighted by Crippen LogP contribution is 2.31. The largest absolute Gasteiger partial charge is 0.398 e. The molecule has 2 N–H and O–H groups in total. The van der Waals surface area contributed by atoms with Crippen LogP contribution < -0.4 is 5.73 Å². The fourth-order valence-corrected chi connectivity index (χ4v) is 2.65. The molecule has 90 valence electrons. The summed E-state index contributed by atoms with van der Waals surface area (Å²) in [7, 11) is 0. The normalized spacial score (nSPS) is 11.4. The Bertz CT molecular complexity index is 926. The van der Waals surface area contributed by atoms with Crippen LogP contribution in [0.4, 0.5) is 5.69 Å². The minimum atomic E-state index is 0.783. The van der Waals surface area contributed by atoms with Crippen molar-refractivity contribution in [3.05, 3.63) is 60.7 Å². The lowest BCUT2D eigenvalue weighted by Crippen LogP contribution is -1.90. The molecule has 0 amide bonds. The second-order valence-corrected chi connectivity index (χ2v) is 4.76. The van der Waals surface area contributed by atoms with Crippen LogP contribution in [0.3, 0.4) is 0 Å². The molecule has 1 heterocycles. The average molecular weight is 244 g/mol. The van der Waals surface area contributed by atoms with E-state index in [1.807, 2.05) is 36.4 Å². The molecule has 0 saturated carbocycles. The number of nitrogens with two attached hydrogens (primary N) is 1. The van der Waals surface area contributed by atoms with E-state index >= 15 is 0 Å². The highest BCUT2D eigenvalue weighted by atomic mass is 14.7. The van der Waals surface area contributed by atoms with Gasteiger partial charge in [-0.1, -0.05) is 42.5 Å². The lowest BCUT2D eigenvalue weighted by Gasteiger charge is -2.08. The summed E-state index contributed by atoms with van der Waals surface area (Å²) < 4.78 is 0. The maximum Gasteiger partial charge on any atom is 0.0736 e. The van der Waals surface area contributed by atoms with E-state index in [-0.39, 0.29) is 0 Å². The van der Waals surface area contributed by atoms with Crippen LogP contribution in [-0.2, 0) is 0 Å². The van der Waals surface area contributed by atoms with E-state index < -0.39 is 0 Å². The SMILES string of the molecule is Nc1cc2nc3ccccc3cc2c2ccccc12. The van der Waals surface area contributed by atoms with Crippen LogP contribution in [-0.4, -0.2) is 4.98 Å². The van der Waals surface area contributed by atoms with Crippen molar-refractivity contribution < 1.29 is 0 Å². The number of aromatic nitrogens is 1. The summed E-state index contributed by atoms with van der Waals surface area (Å²) in [6, 6.07) is 20.5. The highest BCUT2D eigenvalue weighted by Gasteiger charge is 2.06. The van der Waals surface area contributed by atoms with Crippen LogP contribution in [0.1, 0.15) is 0 Å². The highest BCUT2D eigenvalue weighted by molar-refractivity contribution is 6.13. The fourth-order valence-electron chi connectivity index (χ4n) is 2.65. The third-order valence-electron chi connectivity index (χ3n) is 3.57. The molecule has 0 bridgehead atoms. The van der Waals surface area contributed by atoms with Gasteiger partial charge < -0.3 is 5.73 Å². The Morgan fingerprint density at radius 1 is 0.684 bits per heavy atom. The first-order chi connectivity index (χ1) is 9.33.